The van der Waals surface area contributed by atoms with E-state index in [1.54, 1.807) is 16.5 Å². The van der Waals surface area contributed by atoms with Gasteiger partial charge in [0.25, 0.3) is 5.56 Å². The highest BCUT2D eigenvalue weighted by atomic mass is 35.5. The molecule has 0 spiro atoms. The van der Waals surface area contributed by atoms with Gasteiger partial charge in [-0.25, -0.2) is 9.38 Å². The van der Waals surface area contributed by atoms with Gasteiger partial charge < -0.3 is 9.47 Å². The minimum Gasteiger partial charge on any atom is -0.490 e. The second kappa shape index (κ2) is 10.3. The predicted octanol–water partition coefficient (Wildman–Crippen LogP) is 6.47. The van der Waals surface area contributed by atoms with E-state index in [1.165, 1.54) is 11.3 Å². The summed E-state index contributed by atoms with van der Waals surface area (Å²) < 4.78 is 14.4. The van der Waals surface area contributed by atoms with E-state index >= 15 is 0 Å². The third-order valence-electron chi connectivity index (χ3n) is 5.63. The Balaban J connectivity index is 1.56. The lowest BCUT2D eigenvalue weighted by atomic mass is 10.1. The fourth-order valence-electron chi connectivity index (χ4n) is 4.05. The van der Waals surface area contributed by atoms with Crippen LogP contribution in [0.2, 0.25) is 10.0 Å². The number of rotatable bonds is 8. The topological polar surface area (TPSA) is 52.8 Å². The summed E-state index contributed by atoms with van der Waals surface area (Å²) in [5.74, 6) is 1.23. The van der Waals surface area contributed by atoms with E-state index in [0.717, 1.165) is 27.7 Å². The smallest absolute Gasteiger partial charge is 0.274 e. The third kappa shape index (κ3) is 4.72. The first-order valence-corrected chi connectivity index (χ1v) is 12.9. The number of thiazole rings is 1. The average Bonchev–Trinajstić information content (AvgIpc) is 3.37. The van der Waals surface area contributed by atoms with Crippen molar-refractivity contribution in [3.63, 3.8) is 0 Å². The Labute approximate surface area is 221 Å². The minimum absolute atomic E-state index is 0.0909. The normalized spacial score (nSPS) is 11.9. The molecule has 5 aromatic rings. The van der Waals surface area contributed by atoms with Crippen LogP contribution >= 0.6 is 34.5 Å². The number of ether oxygens (including phenoxy) is 2. The van der Waals surface area contributed by atoms with Gasteiger partial charge in [0.15, 0.2) is 16.5 Å². The van der Waals surface area contributed by atoms with Gasteiger partial charge in [-0.15, -0.1) is 6.58 Å². The molecule has 182 valence electrons. The Hall–Kier alpha value is -3.32. The van der Waals surface area contributed by atoms with Crippen molar-refractivity contribution in [2.45, 2.75) is 20.0 Å². The maximum Gasteiger partial charge on any atom is 0.274 e. The molecule has 0 unspecified atom stereocenters. The van der Waals surface area contributed by atoms with Crippen LogP contribution in [-0.4, -0.2) is 16.0 Å². The number of allylic oxidation sites excluding steroid dienone is 1. The number of fused-ring (bicyclic) bond motifs is 3. The summed E-state index contributed by atoms with van der Waals surface area (Å²) in [6.45, 7) is 6.57. The summed E-state index contributed by atoms with van der Waals surface area (Å²) in [7, 11) is 0. The Morgan fingerprint density at radius 2 is 1.92 bits per heavy atom. The fourth-order valence-corrected chi connectivity index (χ4v) is 5.36. The first-order chi connectivity index (χ1) is 17.5. The summed E-state index contributed by atoms with van der Waals surface area (Å²) >= 11 is 13.6. The minimum atomic E-state index is -0.0909. The Kier molecular flexibility index (Phi) is 7.01. The number of halogens is 2. The van der Waals surface area contributed by atoms with Gasteiger partial charge in [0.05, 0.1) is 32.2 Å². The molecule has 0 fully saturated rings. The molecule has 0 atom stereocenters. The van der Waals surface area contributed by atoms with Crippen LogP contribution in [0.5, 0.6) is 11.5 Å². The summed E-state index contributed by atoms with van der Waals surface area (Å²) in [5.41, 5.74) is 4.15. The lowest BCUT2D eigenvalue weighted by molar-refractivity contribution is 0.267. The van der Waals surface area contributed by atoms with Crippen molar-refractivity contribution in [2.75, 3.05) is 6.61 Å². The number of aromatic nitrogens is 2. The van der Waals surface area contributed by atoms with Gasteiger partial charge in [-0.05, 0) is 66.9 Å². The zero-order valence-corrected chi connectivity index (χ0v) is 21.8. The highest BCUT2D eigenvalue weighted by Crippen LogP contribution is 2.35. The molecule has 0 radical (unpaired) electrons. The van der Waals surface area contributed by atoms with E-state index in [-0.39, 0.29) is 5.56 Å². The summed E-state index contributed by atoms with van der Waals surface area (Å²) in [6.07, 6.45) is 4.25. The van der Waals surface area contributed by atoms with Gasteiger partial charge >= 0.3 is 0 Å². The zero-order chi connectivity index (χ0) is 25.2. The Morgan fingerprint density at radius 1 is 1.08 bits per heavy atom. The molecular formula is C28H22Cl2N2O3S. The lowest BCUT2D eigenvalue weighted by Crippen LogP contribution is -2.22. The molecule has 5 rings (SSSR count). The highest BCUT2D eigenvalue weighted by Gasteiger charge is 2.15. The van der Waals surface area contributed by atoms with Crippen LogP contribution in [0.15, 0.2) is 72.0 Å². The van der Waals surface area contributed by atoms with Crippen LogP contribution in [-0.2, 0) is 13.0 Å². The van der Waals surface area contributed by atoms with Crippen molar-refractivity contribution in [2.24, 2.45) is 0 Å². The van der Waals surface area contributed by atoms with Gasteiger partial charge in [-0.3, -0.25) is 4.79 Å². The van der Waals surface area contributed by atoms with Crippen LogP contribution in [0.4, 0.5) is 0 Å². The van der Waals surface area contributed by atoms with Gasteiger partial charge in [-0.1, -0.05) is 58.8 Å². The quantitative estimate of drug-likeness (QED) is 0.213. The number of hydrogen-bond donors (Lipinski definition) is 0. The van der Waals surface area contributed by atoms with Crippen LogP contribution in [0.3, 0.4) is 0 Å². The highest BCUT2D eigenvalue weighted by molar-refractivity contribution is 7.15. The van der Waals surface area contributed by atoms with Gasteiger partial charge in [0.2, 0.25) is 0 Å². The molecule has 0 aliphatic carbocycles. The number of imidazole rings is 1. The van der Waals surface area contributed by atoms with Crippen molar-refractivity contribution >= 4 is 56.6 Å². The molecule has 8 heteroatoms. The second-order valence-electron chi connectivity index (χ2n) is 8.10. The molecule has 0 saturated heterocycles. The van der Waals surface area contributed by atoms with Crippen LogP contribution in [0.25, 0.3) is 22.1 Å². The molecule has 0 N–H and O–H groups in total. The molecule has 5 nitrogen and oxygen atoms in total. The van der Waals surface area contributed by atoms with Crippen molar-refractivity contribution in [3.8, 4) is 11.5 Å². The van der Waals surface area contributed by atoms with Crippen LogP contribution < -0.4 is 19.6 Å². The van der Waals surface area contributed by atoms with Gasteiger partial charge in [-0.2, -0.15) is 0 Å². The van der Waals surface area contributed by atoms with E-state index in [0.29, 0.717) is 50.7 Å². The first kappa shape index (κ1) is 24.4. The molecule has 3 aromatic carbocycles. The maximum absolute atomic E-state index is 13.2. The third-order valence-corrected chi connectivity index (χ3v) is 7.34. The first-order valence-electron chi connectivity index (χ1n) is 11.4. The molecule has 0 aliphatic rings. The van der Waals surface area contributed by atoms with E-state index in [9.17, 15) is 4.79 Å². The molecule has 2 heterocycles. The van der Waals surface area contributed by atoms with Gasteiger partial charge in [0, 0.05) is 5.56 Å². The van der Waals surface area contributed by atoms with Crippen molar-refractivity contribution in [1.29, 1.82) is 0 Å². The van der Waals surface area contributed by atoms with Crippen molar-refractivity contribution in [1.82, 2.24) is 9.38 Å². The number of hydrogen-bond acceptors (Lipinski definition) is 5. The number of para-hydroxylation sites is 2. The second-order valence-corrected chi connectivity index (χ2v) is 9.93. The van der Waals surface area contributed by atoms with E-state index < -0.39 is 0 Å². The fraction of sp³-hybridized carbons (Fsp3) is 0.143. The Bertz CT molecular complexity index is 1710. The largest absolute Gasteiger partial charge is 0.490 e. The molecular weight excluding hydrogens is 515 g/mol. The number of nitrogens with zero attached hydrogens (tertiary/aromatic N) is 2. The monoisotopic (exact) mass is 536 g/mol. The van der Waals surface area contributed by atoms with Crippen molar-refractivity contribution in [3.05, 3.63) is 109 Å². The van der Waals surface area contributed by atoms with E-state index in [1.807, 2.05) is 61.5 Å². The number of benzene rings is 3. The summed E-state index contributed by atoms with van der Waals surface area (Å²) in [4.78, 5) is 18.5. The molecule has 0 saturated carbocycles. The molecule has 0 aliphatic heterocycles. The standard InChI is InChI=1S/C28H22Cl2N2O3S/c1-3-7-19-12-18(15-25-27(33)32-23-9-6-5-8-22(23)31-28(32)36-25)14-24(34-4-2)26(19)35-16-17-10-11-20(29)21(30)13-17/h3,5-6,8-15H,1,4,7,16H2,2H3/b25-15-. The molecule has 0 bridgehead atoms. The van der Waals surface area contributed by atoms with Gasteiger partial charge in [0.1, 0.15) is 6.61 Å². The Morgan fingerprint density at radius 3 is 2.69 bits per heavy atom. The van der Waals surface area contributed by atoms with Crippen LogP contribution in [0.1, 0.15) is 23.6 Å². The predicted molar refractivity (Wildman–Crippen MR) is 148 cm³/mol. The molecule has 2 aromatic heterocycles. The van der Waals surface area contributed by atoms with Crippen LogP contribution in [0, 0.1) is 0 Å². The summed E-state index contributed by atoms with van der Waals surface area (Å²) in [6, 6.07) is 16.9. The maximum atomic E-state index is 13.2. The van der Waals surface area contributed by atoms with Crippen molar-refractivity contribution < 1.29 is 9.47 Å². The zero-order valence-electron chi connectivity index (χ0n) is 19.5. The SMILES string of the molecule is C=CCc1cc(/C=c2\sc3nc4ccccc4n3c2=O)cc(OCC)c1OCc1ccc(Cl)c(Cl)c1. The average molecular weight is 537 g/mol. The summed E-state index contributed by atoms with van der Waals surface area (Å²) in [5, 5.41) is 0.969. The molecule has 0 amide bonds. The molecule has 36 heavy (non-hydrogen) atoms. The van der Waals surface area contributed by atoms with E-state index in [2.05, 4.69) is 11.6 Å². The lowest BCUT2D eigenvalue weighted by Gasteiger charge is -2.17. The van der Waals surface area contributed by atoms with E-state index in [4.69, 9.17) is 32.7 Å².